The summed E-state index contributed by atoms with van der Waals surface area (Å²) in [6.45, 7) is 3.37. The van der Waals surface area contributed by atoms with E-state index in [1.54, 1.807) is 13.8 Å². The molecular weight excluding hydrogens is 361 g/mol. The summed E-state index contributed by atoms with van der Waals surface area (Å²) in [7, 11) is 1.42. The minimum absolute atomic E-state index is 0. The van der Waals surface area contributed by atoms with Crippen LogP contribution in [0.2, 0.25) is 0 Å². The number of nitrogens with one attached hydrogen (secondary N) is 1. The fraction of sp³-hybridized carbons (Fsp3) is 0.562. The van der Waals surface area contributed by atoms with Crippen LogP contribution in [-0.4, -0.2) is 31.8 Å². The molecule has 3 N–H and O–H groups in total. The first kappa shape index (κ1) is 23.5. The summed E-state index contributed by atoms with van der Waals surface area (Å²) in [6.07, 6.45) is -5.25. The lowest BCUT2D eigenvalue weighted by molar-refractivity contribution is -0.138. The summed E-state index contributed by atoms with van der Waals surface area (Å²) < 4.78 is 49.9. The number of hydrogen-bond acceptors (Lipinski definition) is 4. The average molecular weight is 385 g/mol. The Morgan fingerprint density at radius 3 is 2.44 bits per heavy atom. The van der Waals surface area contributed by atoms with Gasteiger partial charge in [-0.2, -0.15) is 13.2 Å². The van der Waals surface area contributed by atoms with Crippen LogP contribution in [-0.2, 0) is 22.3 Å². The van der Waals surface area contributed by atoms with Crippen molar-refractivity contribution in [3.63, 3.8) is 0 Å². The second kappa shape index (κ2) is 10.5. The van der Waals surface area contributed by atoms with E-state index in [1.165, 1.54) is 19.2 Å². The van der Waals surface area contributed by atoms with Gasteiger partial charge >= 0.3 is 6.18 Å². The number of ether oxygens (including phenoxy) is 2. The number of carbonyl (C=O) groups is 1. The molecule has 1 unspecified atom stereocenters. The maximum Gasteiger partial charge on any atom is 0.416 e. The first-order valence-corrected chi connectivity index (χ1v) is 7.53. The van der Waals surface area contributed by atoms with Gasteiger partial charge < -0.3 is 20.5 Å². The topological polar surface area (TPSA) is 73.6 Å². The van der Waals surface area contributed by atoms with Gasteiger partial charge in [-0.15, -0.1) is 12.4 Å². The van der Waals surface area contributed by atoms with E-state index in [-0.39, 0.29) is 49.3 Å². The minimum Gasteiger partial charge on any atom is -0.491 e. The van der Waals surface area contributed by atoms with Crippen LogP contribution in [0.1, 0.15) is 31.4 Å². The molecule has 1 rings (SSSR count). The molecule has 0 radical (unpaired) electrons. The van der Waals surface area contributed by atoms with Crippen molar-refractivity contribution >= 4 is 18.3 Å². The Bertz CT molecular complexity index is 550. The van der Waals surface area contributed by atoms with Gasteiger partial charge in [-0.3, -0.25) is 4.79 Å². The third kappa shape index (κ3) is 7.94. The molecule has 1 atom stereocenters. The minimum atomic E-state index is -4.54. The summed E-state index contributed by atoms with van der Waals surface area (Å²) in [5.74, 6) is -0.294. The van der Waals surface area contributed by atoms with Crippen molar-refractivity contribution < 1.29 is 27.4 Å². The highest BCUT2D eigenvalue weighted by Gasteiger charge is 2.34. The SMILES string of the molecule is COC(CN)CC(=O)NCc1ccc(OC(C)C)cc1C(F)(F)F.Cl. The van der Waals surface area contributed by atoms with E-state index >= 15 is 0 Å². The number of amides is 1. The molecule has 0 fully saturated rings. The summed E-state index contributed by atoms with van der Waals surface area (Å²) >= 11 is 0. The van der Waals surface area contributed by atoms with Crippen LogP contribution < -0.4 is 15.8 Å². The predicted molar refractivity (Wildman–Crippen MR) is 90.8 cm³/mol. The van der Waals surface area contributed by atoms with Crippen molar-refractivity contribution in [2.75, 3.05) is 13.7 Å². The van der Waals surface area contributed by atoms with E-state index in [1.807, 2.05) is 0 Å². The Morgan fingerprint density at radius 1 is 1.32 bits per heavy atom. The number of methoxy groups -OCH3 is 1. The normalized spacial score (nSPS) is 12.5. The van der Waals surface area contributed by atoms with Gasteiger partial charge in [0, 0.05) is 20.2 Å². The first-order chi connectivity index (χ1) is 11.2. The first-order valence-electron chi connectivity index (χ1n) is 7.53. The molecule has 1 aromatic carbocycles. The van der Waals surface area contributed by atoms with Crippen LogP contribution in [0.3, 0.4) is 0 Å². The molecule has 1 aromatic rings. The number of rotatable bonds is 8. The molecular formula is C16H24ClF3N2O3. The molecule has 144 valence electrons. The molecule has 0 bridgehead atoms. The summed E-state index contributed by atoms with van der Waals surface area (Å²) in [5.41, 5.74) is 4.54. The molecule has 0 spiro atoms. The monoisotopic (exact) mass is 384 g/mol. The largest absolute Gasteiger partial charge is 0.491 e. The third-order valence-corrected chi connectivity index (χ3v) is 3.24. The van der Waals surface area contributed by atoms with Gasteiger partial charge in [0.15, 0.2) is 0 Å². The van der Waals surface area contributed by atoms with E-state index in [4.69, 9.17) is 15.2 Å². The Labute approximate surface area is 151 Å². The molecule has 0 saturated carbocycles. The van der Waals surface area contributed by atoms with E-state index in [9.17, 15) is 18.0 Å². The summed E-state index contributed by atoms with van der Waals surface area (Å²) in [6, 6.07) is 3.70. The average Bonchev–Trinajstić information content (AvgIpc) is 2.49. The molecule has 5 nitrogen and oxygen atoms in total. The molecule has 1 amide bonds. The number of benzene rings is 1. The Kier molecular flexibility index (Phi) is 9.84. The fourth-order valence-electron chi connectivity index (χ4n) is 2.05. The van der Waals surface area contributed by atoms with E-state index in [2.05, 4.69) is 5.32 Å². The van der Waals surface area contributed by atoms with Crippen LogP contribution in [0.25, 0.3) is 0 Å². The number of nitrogens with two attached hydrogens (primary N) is 1. The highest BCUT2D eigenvalue weighted by Crippen LogP contribution is 2.34. The van der Waals surface area contributed by atoms with Crippen LogP contribution in [0.15, 0.2) is 18.2 Å². The number of halogens is 4. The van der Waals surface area contributed by atoms with E-state index in [0.717, 1.165) is 6.07 Å². The maximum absolute atomic E-state index is 13.2. The standard InChI is InChI=1S/C16H23F3N2O3.ClH/c1-10(2)24-12-5-4-11(14(6-12)16(17,18)19)9-21-15(22)7-13(8-20)23-3;/h4-6,10,13H,7-9,20H2,1-3H3,(H,21,22);1H. The Balaban J connectivity index is 0.00000576. The van der Waals surface area contributed by atoms with Gasteiger partial charge in [0.1, 0.15) is 5.75 Å². The van der Waals surface area contributed by atoms with Crippen LogP contribution in [0.4, 0.5) is 13.2 Å². The van der Waals surface area contributed by atoms with E-state index in [0.29, 0.717) is 0 Å². The third-order valence-electron chi connectivity index (χ3n) is 3.24. The second-order valence-electron chi connectivity index (χ2n) is 5.56. The zero-order chi connectivity index (χ0) is 18.3. The molecule has 0 aliphatic carbocycles. The second-order valence-corrected chi connectivity index (χ2v) is 5.56. The quantitative estimate of drug-likeness (QED) is 0.722. The predicted octanol–water partition coefficient (Wildman–Crippen LogP) is 2.89. The van der Waals surface area contributed by atoms with Gasteiger partial charge in [0.2, 0.25) is 5.91 Å². The summed E-state index contributed by atoms with van der Waals surface area (Å²) in [4.78, 5) is 11.8. The van der Waals surface area contributed by atoms with E-state index < -0.39 is 23.8 Å². The number of alkyl halides is 3. The molecule has 0 aromatic heterocycles. The van der Waals surface area contributed by atoms with Gasteiger partial charge in [-0.05, 0) is 31.5 Å². The van der Waals surface area contributed by atoms with Crippen LogP contribution >= 0.6 is 12.4 Å². The Morgan fingerprint density at radius 2 is 1.96 bits per heavy atom. The lowest BCUT2D eigenvalue weighted by Crippen LogP contribution is -2.32. The fourth-order valence-corrected chi connectivity index (χ4v) is 2.05. The molecule has 0 aliphatic heterocycles. The van der Waals surface area contributed by atoms with Gasteiger partial charge in [0.25, 0.3) is 0 Å². The summed E-state index contributed by atoms with van der Waals surface area (Å²) in [5, 5.41) is 2.46. The zero-order valence-electron chi connectivity index (χ0n) is 14.4. The van der Waals surface area contributed by atoms with Gasteiger partial charge in [-0.1, -0.05) is 6.07 Å². The zero-order valence-corrected chi connectivity index (χ0v) is 15.2. The highest BCUT2D eigenvalue weighted by molar-refractivity contribution is 5.85. The van der Waals surface area contributed by atoms with Gasteiger partial charge in [-0.25, -0.2) is 0 Å². The van der Waals surface area contributed by atoms with Crippen molar-refractivity contribution in [1.29, 1.82) is 0 Å². The number of carbonyl (C=O) groups excluding carboxylic acids is 1. The van der Waals surface area contributed by atoms with Gasteiger partial charge in [0.05, 0.1) is 24.2 Å². The van der Waals surface area contributed by atoms with Crippen molar-refractivity contribution in [3.8, 4) is 5.75 Å². The molecule has 0 aliphatic rings. The molecule has 0 saturated heterocycles. The van der Waals surface area contributed by atoms with Crippen molar-refractivity contribution in [1.82, 2.24) is 5.32 Å². The highest BCUT2D eigenvalue weighted by atomic mass is 35.5. The van der Waals surface area contributed by atoms with Crippen LogP contribution in [0.5, 0.6) is 5.75 Å². The lowest BCUT2D eigenvalue weighted by atomic mass is 10.1. The number of hydrogen-bond donors (Lipinski definition) is 2. The lowest BCUT2D eigenvalue weighted by Gasteiger charge is -2.17. The van der Waals surface area contributed by atoms with Crippen LogP contribution in [0, 0.1) is 0 Å². The smallest absolute Gasteiger partial charge is 0.416 e. The van der Waals surface area contributed by atoms with Crippen molar-refractivity contribution in [2.45, 2.75) is 45.2 Å². The molecule has 9 heteroatoms. The van der Waals surface area contributed by atoms with Crippen molar-refractivity contribution in [3.05, 3.63) is 29.3 Å². The Hall–Kier alpha value is -1.51. The maximum atomic E-state index is 13.2. The molecule has 25 heavy (non-hydrogen) atoms. The van der Waals surface area contributed by atoms with Crippen molar-refractivity contribution in [2.24, 2.45) is 5.73 Å². The molecule has 0 heterocycles.